The summed E-state index contributed by atoms with van der Waals surface area (Å²) in [5, 5.41) is 0. The molecular weight excluding hydrogens is 245 g/mol. The van der Waals surface area contributed by atoms with Crippen LogP contribution in [0.1, 0.15) is 32.3 Å². The molecule has 1 aromatic rings. The summed E-state index contributed by atoms with van der Waals surface area (Å²) in [7, 11) is 0. The fourth-order valence-electron chi connectivity index (χ4n) is 2.51. The van der Waals surface area contributed by atoms with Crippen molar-refractivity contribution in [3.63, 3.8) is 0 Å². The van der Waals surface area contributed by atoms with Crippen LogP contribution in [0.15, 0.2) is 30.3 Å². The minimum atomic E-state index is 0. The van der Waals surface area contributed by atoms with Gasteiger partial charge in [0.05, 0.1) is 0 Å². The van der Waals surface area contributed by atoms with Crippen LogP contribution in [-0.4, -0.2) is 18.0 Å². The van der Waals surface area contributed by atoms with Crippen molar-refractivity contribution >= 4 is 0 Å². The van der Waals surface area contributed by atoms with Crippen LogP contribution in [0.2, 0.25) is 0 Å². The molecule has 0 N–H and O–H groups in total. The molecule has 1 unspecified atom stereocenters. The van der Waals surface area contributed by atoms with Crippen LogP contribution in [0.5, 0.6) is 0 Å². The van der Waals surface area contributed by atoms with Crippen molar-refractivity contribution in [3.05, 3.63) is 41.8 Å². The largest absolute Gasteiger partial charge is 0.315 e. The zero-order valence-electron chi connectivity index (χ0n) is 10.9. The van der Waals surface area contributed by atoms with Gasteiger partial charge >= 0.3 is 0 Å². The van der Waals surface area contributed by atoms with Crippen LogP contribution in [0.4, 0.5) is 0 Å². The molecule has 0 aliphatic carbocycles. The van der Waals surface area contributed by atoms with Crippen LogP contribution >= 0.6 is 0 Å². The molecule has 2 heteroatoms. The van der Waals surface area contributed by atoms with Crippen molar-refractivity contribution in [2.75, 3.05) is 13.1 Å². The number of likely N-dealkylation sites (tertiary alicyclic amines) is 1. The van der Waals surface area contributed by atoms with Gasteiger partial charge in [-0.25, -0.2) is 0 Å². The van der Waals surface area contributed by atoms with Gasteiger partial charge in [-0.2, -0.15) is 19.8 Å². The molecule has 1 saturated heterocycles. The third-order valence-corrected chi connectivity index (χ3v) is 3.57. The predicted octanol–water partition coefficient (Wildman–Crippen LogP) is 3.51. The van der Waals surface area contributed by atoms with E-state index in [2.05, 4.69) is 49.1 Å². The van der Waals surface area contributed by atoms with Gasteiger partial charge in [-0.05, 0) is 25.1 Å². The van der Waals surface area contributed by atoms with E-state index >= 15 is 0 Å². The van der Waals surface area contributed by atoms with Crippen molar-refractivity contribution in [2.45, 2.75) is 33.2 Å². The van der Waals surface area contributed by atoms with Crippen LogP contribution < -0.4 is 0 Å². The molecule has 1 nitrogen and oxygen atoms in total. The van der Waals surface area contributed by atoms with E-state index in [-0.39, 0.29) is 18.6 Å². The summed E-state index contributed by atoms with van der Waals surface area (Å²) < 4.78 is 0. The minimum Gasteiger partial charge on any atom is -0.315 e. The number of nitrogens with zero attached hydrogens (tertiary/aromatic N) is 1. The smallest absolute Gasteiger partial charge is 0.0232 e. The molecule has 0 spiro atoms. The number of hydrogen-bond donors (Lipinski definition) is 0. The van der Waals surface area contributed by atoms with Gasteiger partial charge in [0.1, 0.15) is 0 Å². The number of benzene rings is 1. The second-order valence-electron chi connectivity index (χ2n) is 5.14. The van der Waals surface area contributed by atoms with Gasteiger partial charge in [0.25, 0.3) is 0 Å². The molecule has 17 heavy (non-hydrogen) atoms. The number of hydrogen-bond acceptors (Lipinski definition) is 1. The van der Waals surface area contributed by atoms with E-state index in [1.54, 1.807) is 5.92 Å². The molecule has 1 radical (unpaired) electrons. The van der Waals surface area contributed by atoms with Crippen LogP contribution in [0.3, 0.4) is 0 Å². The third-order valence-electron chi connectivity index (χ3n) is 3.57. The van der Waals surface area contributed by atoms with Crippen LogP contribution in [-0.2, 0) is 25.1 Å². The molecule has 1 aliphatic heterocycles. The Morgan fingerprint density at radius 2 is 1.94 bits per heavy atom. The van der Waals surface area contributed by atoms with Gasteiger partial charge < -0.3 is 10.8 Å². The Balaban J connectivity index is 0.00000144. The zero-order chi connectivity index (χ0) is 11.4. The van der Waals surface area contributed by atoms with E-state index in [4.69, 9.17) is 0 Å². The maximum absolute atomic E-state index is 2.59. The van der Waals surface area contributed by atoms with Crippen molar-refractivity contribution in [3.8, 4) is 0 Å². The minimum absolute atomic E-state index is 0. The fraction of sp³-hybridized carbons (Fsp3) is 0.533. The van der Waals surface area contributed by atoms with E-state index in [1.165, 1.54) is 31.5 Å². The first-order chi connectivity index (χ1) is 7.75. The molecule has 1 atom stereocenters. The van der Waals surface area contributed by atoms with Gasteiger partial charge in [0.2, 0.25) is 0 Å². The van der Waals surface area contributed by atoms with Crippen molar-refractivity contribution < 1.29 is 18.6 Å². The first-order valence-corrected chi connectivity index (χ1v) is 6.32. The van der Waals surface area contributed by atoms with Gasteiger partial charge in [-0.3, -0.25) is 0 Å². The average Bonchev–Trinajstić information content (AvgIpc) is 2.30. The molecule has 1 aliphatic rings. The van der Waals surface area contributed by atoms with E-state index in [1.807, 2.05) is 0 Å². The third kappa shape index (κ3) is 4.50. The molecule has 0 aromatic heterocycles. The normalized spacial score (nSPS) is 21.2. The summed E-state index contributed by atoms with van der Waals surface area (Å²) in [5.74, 6) is 2.41. The van der Waals surface area contributed by atoms with Crippen molar-refractivity contribution in [1.29, 1.82) is 0 Å². The van der Waals surface area contributed by atoms with Crippen molar-refractivity contribution in [2.24, 2.45) is 5.92 Å². The first kappa shape index (κ1) is 14.8. The maximum Gasteiger partial charge on any atom is 0.0232 e. The summed E-state index contributed by atoms with van der Waals surface area (Å²) in [6.07, 6.45) is 2.73. The summed E-state index contributed by atoms with van der Waals surface area (Å²) in [5.41, 5.74) is 1.44. The summed E-state index contributed by atoms with van der Waals surface area (Å²) in [6.45, 7) is 8.17. The monoisotopic (exact) mass is 267 g/mol. The fourth-order valence-corrected chi connectivity index (χ4v) is 2.51. The van der Waals surface area contributed by atoms with Gasteiger partial charge in [0, 0.05) is 25.1 Å². The average molecular weight is 267 g/mol. The first-order valence-electron chi connectivity index (χ1n) is 6.32. The number of piperidine rings is 1. The van der Waals surface area contributed by atoms with E-state index in [0.29, 0.717) is 0 Å². The maximum atomic E-state index is 2.59. The van der Waals surface area contributed by atoms with E-state index < -0.39 is 0 Å². The molecule has 0 bridgehead atoms. The topological polar surface area (TPSA) is 3.24 Å². The quantitative estimate of drug-likeness (QED) is 0.757. The predicted molar refractivity (Wildman–Crippen MR) is 69.0 cm³/mol. The molecule has 93 valence electrons. The molecule has 2 rings (SSSR count). The molecule has 1 heterocycles. The van der Waals surface area contributed by atoms with E-state index in [9.17, 15) is 0 Å². The summed E-state index contributed by atoms with van der Waals surface area (Å²) >= 11 is 0. The van der Waals surface area contributed by atoms with Gasteiger partial charge in [-0.1, -0.05) is 36.8 Å². The standard InChI is InChI=1S/C15H22N.V/c1-13(2)15-9-6-10-16(12-15)11-14-7-4-3-5-8-14;/h3-5,7-8,15H,6,9-12H2,1-2H3;/q-1;. The number of rotatable bonds is 3. The molecule has 0 amide bonds. The second kappa shape index (κ2) is 7.25. The Morgan fingerprint density at radius 3 is 2.59 bits per heavy atom. The SMILES string of the molecule is C[C-](C)C1CCCN(Cc2ccccc2)C1.[V]. The Kier molecular flexibility index (Phi) is 6.33. The molecule has 0 saturated carbocycles. The van der Waals surface area contributed by atoms with Gasteiger partial charge in [-0.15, -0.1) is 0 Å². The van der Waals surface area contributed by atoms with Gasteiger partial charge in [0.15, 0.2) is 0 Å². The van der Waals surface area contributed by atoms with Crippen LogP contribution in [0, 0.1) is 11.8 Å². The zero-order valence-corrected chi connectivity index (χ0v) is 12.3. The second-order valence-corrected chi connectivity index (χ2v) is 5.14. The van der Waals surface area contributed by atoms with E-state index in [0.717, 1.165) is 12.5 Å². The Bertz CT molecular complexity index is 310. The summed E-state index contributed by atoms with van der Waals surface area (Å²) in [4.78, 5) is 2.59. The Labute approximate surface area is 117 Å². The molecule has 1 fully saturated rings. The molecular formula is C15H22NV-. The van der Waals surface area contributed by atoms with Crippen molar-refractivity contribution in [1.82, 2.24) is 4.90 Å². The molecule has 1 aromatic carbocycles. The Morgan fingerprint density at radius 1 is 1.24 bits per heavy atom. The summed E-state index contributed by atoms with van der Waals surface area (Å²) in [6, 6.07) is 10.8. The van der Waals surface area contributed by atoms with Crippen LogP contribution in [0.25, 0.3) is 0 Å². The Hall–Kier alpha value is -0.236.